The number of carbonyl (C=O) groups is 1. The normalized spacial score (nSPS) is 11.3. The molecule has 78 valence electrons. The van der Waals surface area contributed by atoms with E-state index in [4.69, 9.17) is 5.73 Å². The molecule has 0 fully saturated rings. The van der Waals surface area contributed by atoms with Crippen LogP contribution in [0.3, 0.4) is 0 Å². The minimum Gasteiger partial charge on any atom is -0.366 e. The molecule has 0 atom stereocenters. The number of carbonyl (C=O) groups excluding carboxylic acids is 1. The molecule has 1 aromatic heterocycles. The molecule has 0 radical (unpaired) electrons. The van der Waals surface area contributed by atoms with E-state index >= 15 is 0 Å². The van der Waals surface area contributed by atoms with E-state index in [0.717, 1.165) is 11.3 Å². The molecule has 0 aliphatic carbocycles. The number of aromatic amines is 1. The van der Waals surface area contributed by atoms with Crippen molar-refractivity contribution >= 4 is 5.91 Å². The summed E-state index contributed by atoms with van der Waals surface area (Å²) in [6.07, 6.45) is 1.72. The average molecular weight is 194 g/mol. The largest absolute Gasteiger partial charge is 0.366 e. The fourth-order valence-electron chi connectivity index (χ4n) is 1.75. The Morgan fingerprint density at radius 1 is 1.29 bits per heavy atom. The van der Waals surface area contributed by atoms with Crippen molar-refractivity contribution in [3.8, 4) is 0 Å². The maximum Gasteiger partial charge on any atom is 0.250 e. The van der Waals surface area contributed by atoms with Gasteiger partial charge >= 0.3 is 0 Å². The Kier molecular flexibility index (Phi) is 2.99. The molecule has 0 saturated carbocycles. The highest BCUT2D eigenvalue weighted by atomic mass is 16.1. The van der Waals surface area contributed by atoms with E-state index < -0.39 is 0 Å². The number of hydrogen-bond acceptors (Lipinski definition) is 1. The van der Waals surface area contributed by atoms with Crippen molar-refractivity contribution in [1.29, 1.82) is 0 Å². The number of hydrogen-bond donors (Lipinski definition) is 2. The molecule has 0 unspecified atom stereocenters. The number of amides is 1. The monoisotopic (exact) mass is 194 g/mol. The van der Waals surface area contributed by atoms with Gasteiger partial charge in [-0.15, -0.1) is 0 Å². The van der Waals surface area contributed by atoms with Crippen LogP contribution in [0, 0.1) is 0 Å². The van der Waals surface area contributed by atoms with Crippen LogP contribution >= 0.6 is 0 Å². The number of rotatable bonds is 3. The molecule has 0 aromatic carbocycles. The zero-order chi connectivity index (χ0) is 10.9. The predicted molar refractivity (Wildman–Crippen MR) is 57.5 cm³/mol. The molecule has 1 aromatic rings. The minimum absolute atomic E-state index is 0.321. The number of nitrogens with one attached hydrogen (secondary N) is 1. The van der Waals surface area contributed by atoms with E-state index in [-0.39, 0.29) is 5.91 Å². The molecule has 0 saturated heterocycles. The third kappa shape index (κ3) is 1.81. The van der Waals surface area contributed by atoms with Gasteiger partial charge in [0.2, 0.25) is 0 Å². The molecule has 14 heavy (non-hydrogen) atoms. The summed E-state index contributed by atoms with van der Waals surface area (Å²) in [5.41, 5.74) is 8.12. The van der Waals surface area contributed by atoms with Crippen molar-refractivity contribution in [2.24, 2.45) is 5.73 Å². The van der Waals surface area contributed by atoms with Gasteiger partial charge in [-0.25, -0.2) is 0 Å². The van der Waals surface area contributed by atoms with Crippen molar-refractivity contribution in [3.05, 3.63) is 23.0 Å². The Labute approximate surface area is 84.7 Å². The zero-order valence-electron chi connectivity index (χ0n) is 9.22. The lowest BCUT2D eigenvalue weighted by Gasteiger charge is -2.11. The highest BCUT2D eigenvalue weighted by Crippen LogP contribution is 2.28. The first kappa shape index (κ1) is 10.8. The fraction of sp³-hybridized carbons (Fsp3) is 0.545. The molecule has 3 N–H and O–H groups in total. The van der Waals surface area contributed by atoms with E-state index in [1.165, 1.54) is 0 Å². The molecule has 1 amide bonds. The lowest BCUT2D eigenvalue weighted by Crippen LogP contribution is -2.13. The van der Waals surface area contributed by atoms with Crippen molar-refractivity contribution in [3.63, 3.8) is 0 Å². The quantitative estimate of drug-likeness (QED) is 0.762. The summed E-state index contributed by atoms with van der Waals surface area (Å²) in [6, 6.07) is 0. The molecule has 0 aliphatic heterocycles. The van der Waals surface area contributed by atoms with Gasteiger partial charge in [-0.05, 0) is 17.4 Å². The zero-order valence-corrected chi connectivity index (χ0v) is 9.22. The Morgan fingerprint density at radius 3 is 2.21 bits per heavy atom. The molecule has 0 aliphatic rings. The summed E-state index contributed by atoms with van der Waals surface area (Å²) >= 11 is 0. The molecule has 0 bridgehead atoms. The van der Waals surface area contributed by atoms with Crippen LogP contribution in [0.25, 0.3) is 0 Å². The van der Waals surface area contributed by atoms with Crippen LogP contribution in [-0.2, 0) is 0 Å². The van der Waals surface area contributed by atoms with Gasteiger partial charge in [0.15, 0.2) is 0 Å². The Morgan fingerprint density at radius 2 is 1.86 bits per heavy atom. The Bertz CT molecular complexity index is 337. The summed E-state index contributed by atoms with van der Waals surface area (Å²) in [4.78, 5) is 14.3. The third-order valence-electron chi connectivity index (χ3n) is 2.37. The van der Waals surface area contributed by atoms with Gasteiger partial charge in [0.25, 0.3) is 5.91 Å². The predicted octanol–water partition coefficient (Wildman–Crippen LogP) is 2.36. The first-order valence-corrected chi connectivity index (χ1v) is 4.96. The number of H-pyrrole nitrogens is 1. The number of nitrogens with two attached hydrogens (primary N) is 1. The summed E-state index contributed by atoms with van der Waals surface area (Å²) in [5.74, 6) is 0.360. The second-order valence-electron chi connectivity index (χ2n) is 4.20. The summed E-state index contributed by atoms with van der Waals surface area (Å²) in [5, 5.41) is 0. The highest BCUT2D eigenvalue weighted by Gasteiger charge is 2.19. The topological polar surface area (TPSA) is 58.9 Å². The van der Waals surface area contributed by atoms with Gasteiger partial charge in [-0.1, -0.05) is 27.7 Å². The third-order valence-corrected chi connectivity index (χ3v) is 2.37. The van der Waals surface area contributed by atoms with E-state index in [9.17, 15) is 4.79 Å². The summed E-state index contributed by atoms with van der Waals surface area (Å²) in [7, 11) is 0. The van der Waals surface area contributed by atoms with Crippen molar-refractivity contribution < 1.29 is 4.79 Å². The molecular weight excluding hydrogens is 176 g/mol. The number of primary amides is 1. The average Bonchev–Trinajstić information content (AvgIpc) is 2.46. The Hall–Kier alpha value is -1.25. The van der Waals surface area contributed by atoms with E-state index in [1.807, 2.05) is 0 Å². The molecule has 3 nitrogen and oxygen atoms in total. The maximum absolute atomic E-state index is 11.2. The van der Waals surface area contributed by atoms with E-state index in [2.05, 4.69) is 32.7 Å². The van der Waals surface area contributed by atoms with Gasteiger partial charge in [-0.2, -0.15) is 0 Å². The molecular formula is C11H18N2O. The van der Waals surface area contributed by atoms with E-state index in [0.29, 0.717) is 17.4 Å². The van der Waals surface area contributed by atoms with Crippen molar-refractivity contribution in [2.75, 3.05) is 0 Å². The minimum atomic E-state index is -0.350. The first-order chi connectivity index (χ1) is 6.45. The molecule has 1 rings (SSSR count). The Balaban J connectivity index is 3.27. The van der Waals surface area contributed by atoms with E-state index in [1.54, 1.807) is 6.20 Å². The first-order valence-electron chi connectivity index (χ1n) is 4.96. The second kappa shape index (κ2) is 3.86. The lowest BCUT2D eigenvalue weighted by molar-refractivity contribution is 0.0999. The SMILES string of the molecule is CC(C)c1[nH]cc(C(N)=O)c1C(C)C. The lowest BCUT2D eigenvalue weighted by atomic mass is 9.94. The van der Waals surface area contributed by atoms with Crippen LogP contribution in [-0.4, -0.2) is 10.9 Å². The van der Waals surface area contributed by atoms with Gasteiger partial charge < -0.3 is 10.7 Å². The van der Waals surface area contributed by atoms with Crippen molar-refractivity contribution in [1.82, 2.24) is 4.98 Å². The van der Waals surface area contributed by atoms with Gasteiger partial charge in [-0.3, -0.25) is 4.79 Å². The molecule has 3 heteroatoms. The molecule has 0 spiro atoms. The molecule has 1 heterocycles. The van der Waals surface area contributed by atoms with Gasteiger partial charge in [0, 0.05) is 11.9 Å². The fourth-order valence-corrected chi connectivity index (χ4v) is 1.75. The van der Waals surface area contributed by atoms with Crippen molar-refractivity contribution in [2.45, 2.75) is 39.5 Å². The van der Waals surface area contributed by atoms with Crippen LogP contribution in [0.2, 0.25) is 0 Å². The van der Waals surface area contributed by atoms with Crippen LogP contribution in [0.1, 0.15) is 61.1 Å². The van der Waals surface area contributed by atoms with Crippen LogP contribution < -0.4 is 5.73 Å². The summed E-state index contributed by atoms with van der Waals surface area (Å²) in [6.45, 7) is 8.34. The van der Waals surface area contributed by atoms with Gasteiger partial charge in [0.05, 0.1) is 5.56 Å². The highest BCUT2D eigenvalue weighted by molar-refractivity contribution is 5.94. The second-order valence-corrected chi connectivity index (χ2v) is 4.20. The standard InChI is InChI=1S/C11H18N2O/c1-6(2)9-8(11(12)14)5-13-10(9)7(3)4/h5-7,13H,1-4H3,(H2,12,14). The number of aromatic nitrogens is 1. The summed E-state index contributed by atoms with van der Waals surface area (Å²) < 4.78 is 0. The van der Waals surface area contributed by atoms with Gasteiger partial charge in [0.1, 0.15) is 0 Å². The van der Waals surface area contributed by atoms with Crippen LogP contribution in [0.4, 0.5) is 0 Å². The van der Waals surface area contributed by atoms with Crippen LogP contribution in [0.5, 0.6) is 0 Å². The van der Waals surface area contributed by atoms with Crippen LogP contribution in [0.15, 0.2) is 6.20 Å². The smallest absolute Gasteiger partial charge is 0.250 e. The maximum atomic E-state index is 11.2.